The van der Waals surface area contributed by atoms with Crippen LogP contribution < -0.4 is 10.3 Å². The Balaban J connectivity index is 2.91. The van der Waals surface area contributed by atoms with E-state index in [0.29, 0.717) is 13.2 Å². The van der Waals surface area contributed by atoms with Crippen LogP contribution in [0, 0.1) is 17.2 Å². The molecule has 0 amide bonds. The van der Waals surface area contributed by atoms with Crippen LogP contribution in [0.1, 0.15) is 6.92 Å². The van der Waals surface area contributed by atoms with Crippen LogP contribution in [-0.2, 0) is 6.54 Å². The Morgan fingerprint density at radius 3 is 3.12 bits per heavy atom. The van der Waals surface area contributed by atoms with Gasteiger partial charge < -0.3 is 9.30 Å². The summed E-state index contributed by atoms with van der Waals surface area (Å²) in [5.74, 6) is 0.0832. The lowest BCUT2D eigenvalue weighted by Crippen LogP contribution is -2.23. The molecule has 0 saturated carbocycles. The molecule has 1 aromatic rings. The zero-order valence-corrected chi connectivity index (χ0v) is 9.22. The van der Waals surface area contributed by atoms with Gasteiger partial charge in [-0.1, -0.05) is 12.7 Å². The van der Waals surface area contributed by atoms with Gasteiger partial charge in [-0.15, -0.1) is 0 Å². The first-order valence-corrected chi connectivity index (χ1v) is 5.01. The van der Waals surface area contributed by atoms with E-state index in [9.17, 15) is 4.79 Å². The van der Waals surface area contributed by atoms with Crippen LogP contribution in [0.15, 0.2) is 35.8 Å². The number of ether oxygens (including phenoxy) is 1. The minimum Gasteiger partial charge on any atom is -0.484 e. The molecule has 0 radical (unpaired) electrons. The third-order valence-electron chi connectivity index (χ3n) is 2.03. The average molecular weight is 218 g/mol. The lowest BCUT2D eigenvalue weighted by atomic mass is 10.2. The quantitative estimate of drug-likeness (QED) is 0.705. The molecule has 0 aliphatic rings. The Labute approximate surface area is 94.4 Å². The number of nitriles is 1. The highest BCUT2D eigenvalue weighted by molar-refractivity contribution is 5.17. The standard InChI is InChI=1S/C12H14N2O2/c1-3-7-16-11-5-4-6-14(12(11)15)9-10(2)8-13/h3-6,10H,1,7,9H2,2H3. The molecule has 4 nitrogen and oxygen atoms in total. The summed E-state index contributed by atoms with van der Waals surface area (Å²) in [6.45, 7) is 5.95. The van der Waals surface area contributed by atoms with Crippen LogP contribution in [0.2, 0.25) is 0 Å². The second kappa shape index (κ2) is 5.76. The smallest absolute Gasteiger partial charge is 0.292 e. The van der Waals surface area contributed by atoms with Gasteiger partial charge in [0.1, 0.15) is 6.61 Å². The molecule has 0 aliphatic carbocycles. The predicted octanol–water partition coefficient (Wildman–Crippen LogP) is 1.57. The van der Waals surface area contributed by atoms with Gasteiger partial charge in [0.2, 0.25) is 0 Å². The van der Waals surface area contributed by atoms with Gasteiger partial charge in [0.05, 0.1) is 12.0 Å². The SMILES string of the molecule is C=CCOc1cccn(CC(C)C#N)c1=O. The van der Waals surface area contributed by atoms with Crippen molar-refractivity contribution in [2.24, 2.45) is 5.92 Å². The van der Waals surface area contributed by atoms with E-state index in [-0.39, 0.29) is 17.2 Å². The third kappa shape index (κ3) is 2.99. The first-order valence-electron chi connectivity index (χ1n) is 5.01. The van der Waals surface area contributed by atoms with E-state index in [1.54, 1.807) is 31.3 Å². The molecule has 0 bridgehead atoms. The molecule has 0 N–H and O–H groups in total. The molecule has 1 rings (SSSR count). The zero-order valence-electron chi connectivity index (χ0n) is 9.22. The van der Waals surface area contributed by atoms with Gasteiger partial charge >= 0.3 is 0 Å². The summed E-state index contributed by atoms with van der Waals surface area (Å²) in [6, 6.07) is 5.42. The van der Waals surface area contributed by atoms with Gasteiger partial charge in [0.25, 0.3) is 5.56 Å². The van der Waals surface area contributed by atoms with Gasteiger partial charge in [-0.25, -0.2) is 0 Å². The summed E-state index contributed by atoms with van der Waals surface area (Å²) in [4.78, 5) is 11.8. The van der Waals surface area contributed by atoms with Crippen LogP contribution in [0.4, 0.5) is 0 Å². The maximum atomic E-state index is 11.8. The minimum absolute atomic E-state index is 0.202. The molecule has 84 valence electrons. The molecule has 4 heteroatoms. The van der Waals surface area contributed by atoms with Crippen molar-refractivity contribution >= 4 is 0 Å². The summed E-state index contributed by atoms with van der Waals surface area (Å²) in [5.41, 5.74) is -0.216. The fourth-order valence-corrected chi connectivity index (χ4v) is 1.25. The van der Waals surface area contributed by atoms with E-state index < -0.39 is 0 Å². The lowest BCUT2D eigenvalue weighted by molar-refractivity contribution is 0.352. The normalized spacial score (nSPS) is 11.5. The monoisotopic (exact) mass is 218 g/mol. The molecule has 16 heavy (non-hydrogen) atoms. The number of rotatable bonds is 5. The van der Waals surface area contributed by atoms with Crippen LogP contribution in [-0.4, -0.2) is 11.2 Å². The van der Waals surface area contributed by atoms with E-state index in [4.69, 9.17) is 10.00 Å². The largest absolute Gasteiger partial charge is 0.484 e. The first kappa shape index (κ1) is 12.1. The first-order chi connectivity index (χ1) is 7.69. The summed E-state index contributed by atoms with van der Waals surface area (Å²) in [6.07, 6.45) is 3.23. The Morgan fingerprint density at radius 1 is 1.75 bits per heavy atom. The molecule has 1 heterocycles. The molecule has 0 fully saturated rings. The maximum Gasteiger partial charge on any atom is 0.292 e. The molecular weight excluding hydrogens is 204 g/mol. The van der Waals surface area contributed by atoms with Crippen molar-refractivity contribution in [2.45, 2.75) is 13.5 Å². The Kier molecular flexibility index (Phi) is 4.34. The second-order valence-electron chi connectivity index (χ2n) is 3.46. The van der Waals surface area contributed by atoms with E-state index >= 15 is 0 Å². The van der Waals surface area contributed by atoms with Crippen molar-refractivity contribution in [3.8, 4) is 11.8 Å². The Bertz CT molecular complexity index is 457. The molecule has 0 spiro atoms. The van der Waals surface area contributed by atoms with E-state index in [1.807, 2.05) is 0 Å². The fourth-order valence-electron chi connectivity index (χ4n) is 1.25. The number of pyridine rings is 1. The summed E-state index contributed by atoms with van der Waals surface area (Å²) in [7, 11) is 0. The topological polar surface area (TPSA) is 55.0 Å². The molecule has 0 aromatic carbocycles. The summed E-state index contributed by atoms with van der Waals surface area (Å²) >= 11 is 0. The molecular formula is C12H14N2O2. The molecule has 0 aliphatic heterocycles. The van der Waals surface area contributed by atoms with Crippen molar-refractivity contribution in [2.75, 3.05) is 6.61 Å². The van der Waals surface area contributed by atoms with Crippen molar-refractivity contribution in [3.05, 3.63) is 41.3 Å². The van der Waals surface area contributed by atoms with Crippen molar-refractivity contribution < 1.29 is 4.74 Å². The van der Waals surface area contributed by atoms with Crippen molar-refractivity contribution in [3.63, 3.8) is 0 Å². The average Bonchev–Trinajstić information content (AvgIpc) is 2.30. The molecule has 1 aromatic heterocycles. The van der Waals surface area contributed by atoms with E-state index in [2.05, 4.69) is 12.6 Å². The summed E-state index contributed by atoms with van der Waals surface area (Å²) in [5, 5.41) is 8.69. The highest BCUT2D eigenvalue weighted by atomic mass is 16.5. The number of hydrogen-bond acceptors (Lipinski definition) is 3. The lowest BCUT2D eigenvalue weighted by Gasteiger charge is -2.09. The Morgan fingerprint density at radius 2 is 2.50 bits per heavy atom. The maximum absolute atomic E-state index is 11.8. The second-order valence-corrected chi connectivity index (χ2v) is 3.46. The highest BCUT2D eigenvalue weighted by Gasteiger charge is 2.06. The van der Waals surface area contributed by atoms with Crippen LogP contribution >= 0.6 is 0 Å². The van der Waals surface area contributed by atoms with Crippen LogP contribution in [0.25, 0.3) is 0 Å². The molecule has 1 atom stereocenters. The number of aromatic nitrogens is 1. The third-order valence-corrected chi connectivity index (χ3v) is 2.03. The molecule has 1 unspecified atom stereocenters. The van der Waals surface area contributed by atoms with E-state index in [1.165, 1.54) is 4.57 Å². The fraction of sp³-hybridized carbons (Fsp3) is 0.333. The number of nitrogens with zero attached hydrogens (tertiary/aromatic N) is 2. The predicted molar refractivity (Wildman–Crippen MR) is 61.2 cm³/mol. The zero-order chi connectivity index (χ0) is 12.0. The van der Waals surface area contributed by atoms with Crippen molar-refractivity contribution in [1.82, 2.24) is 4.57 Å². The van der Waals surface area contributed by atoms with Gasteiger partial charge in [-0.05, 0) is 19.1 Å². The van der Waals surface area contributed by atoms with Crippen molar-refractivity contribution in [1.29, 1.82) is 5.26 Å². The van der Waals surface area contributed by atoms with Gasteiger partial charge in [0.15, 0.2) is 5.75 Å². The van der Waals surface area contributed by atoms with Gasteiger partial charge in [0, 0.05) is 12.7 Å². The summed E-state index contributed by atoms with van der Waals surface area (Å²) < 4.78 is 6.69. The van der Waals surface area contributed by atoms with E-state index in [0.717, 1.165) is 0 Å². The van der Waals surface area contributed by atoms with Crippen LogP contribution in [0.3, 0.4) is 0 Å². The Hall–Kier alpha value is -2.02. The number of hydrogen-bond donors (Lipinski definition) is 0. The van der Waals surface area contributed by atoms with Crippen LogP contribution in [0.5, 0.6) is 5.75 Å². The highest BCUT2D eigenvalue weighted by Crippen LogP contribution is 2.04. The van der Waals surface area contributed by atoms with Gasteiger partial charge in [-0.2, -0.15) is 5.26 Å². The molecule has 0 saturated heterocycles. The minimum atomic E-state index is -0.216. The van der Waals surface area contributed by atoms with Gasteiger partial charge in [-0.3, -0.25) is 4.79 Å².